The molecule has 0 aliphatic carbocycles. The number of alkyl halides is 3. The van der Waals surface area contributed by atoms with Gasteiger partial charge in [-0.3, -0.25) is 10.2 Å². The summed E-state index contributed by atoms with van der Waals surface area (Å²) < 4.78 is 79.6. The first-order chi connectivity index (χ1) is 15.0. The Morgan fingerprint density at radius 1 is 1.19 bits per heavy atom. The van der Waals surface area contributed by atoms with Gasteiger partial charge in [-0.1, -0.05) is 12.2 Å². The van der Waals surface area contributed by atoms with Gasteiger partial charge in [0.15, 0.2) is 11.6 Å². The number of rotatable bonds is 6. The van der Waals surface area contributed by atoms with Crippen LogP contribution < -0.4 is 5.32 Å². The zero-order chi connectivity index (χ0) is 24.1. The number of nitrogens with zero attached hydrogens (tertiary/aromatic N) is 2. The maximum absolute atomic E-state index is 13.9. The highest BCUT2D eigenvalue weighted by molar-refractivity contribution is 5.87. The van der Waals surface area contributed by atoms with Gasteiger partial charge in [-0.15, -0.1) is 0 Å². The van der Waals surface area contributed by atoms with Crippen molar-refractivity contribution in [3.05, 3.63) is 59.1 Å². The van der Waals surface area contributed by atoms with Gasteiger partial charge in [0.1, 0.15) is 5.82 Å². The molecule has 1 aliphatic rings. The molecule has 2 N–H and O–H groups in total. The van der Waals surface area contributed by atoms with Gasteiger partial charge in [0.05, 0.1) is 6.54 Å². The molecular formula is C21H24F6N4O. The smallest absolute Gasteiger partial charge is 0.335 e. The molecule has 1 heterocycles. The normalized spacial score (nSPS) is 17.3. The lowest BCUT2D eigenvalue weighted by molar-refractivity contribution is -0.132. The van der Waals surface area contributed by atoms with Crippen molar-refractivity contribution in [1.29, 1.82) is 5.41 Å². The Hall–Kier alpha value is -2.82. The molecule has 1 aromatic carbocycles. The lowest BCUT2D eigenvalue weighted by Crippen LogP contribution is -2.52. The van der Waals surface area contributed by atoms with Crippen LogP contribution in [0.5, 0.6) is 0 Å². The molecule has 1 atom stereocenters. The summed E-state index contributed by atoms with van der Waals surface area (Å²) in [5.41, 5.74) is 0.0332. The quantitative estimate of drug-likeness (QED) is 0.293. The third-order valence-corrected chi connectivity index (χ3v) is 5.05. The zero-order valence-corrected chi connectivity index (χ0v) is 17.6. The number of amides is 1. The summed E-state index contributed by atoms with van der Waals surface area (Å²) in [4.78, 5) is 14.9. The highest BCUT2D eigenvalue weighted by atomic mass is 19.4. The molecule has 1 amide bonds. The molecule has 1 saturated heterocycles. The molecule has 176 valence electrons. The van der Waals surface area contributed by atoms with Crippen LogP contribution in [0.4, 0.5) is 26.3 Å². The number of amidine groups is 1. The summed E-state index contributed by atoms with van der Waals surface area (Å²) in [7, 11) is 1.52. The largest absolute Gasteiger partial charge is 0.449 e. The maximum atomic E-state index is 13.9. The molecule has 0 spiro atoms. The Kier molecular flexibility index (Phi) is 8.48. The van der Waals surface area contributed by atoms with E-state index in [0.29, 0.717) is 6.07 Å². The zero-order valence-electron chi connectivity index (χ0n) is 17.6. The predicted octanol–water partition coefficient (Wildman–Crippen LogP) is 3.77. The molecule has 0 radical (unpaired) electrons. The first kappa shape index (κ1) is 25.4. The third kappa shape index (κ3) is 6.35. The topological polar surface area (TPSA) is 59.4 Å². The van der Waals surface area contributed by atoms with Crippen molar-refractivity contribution in [2.24, 2.45) is 0 Å². The van der Waals surface area contributed by atoms with Crippen LogP contribution in [0.2, 0.25) is 0 Å². The molecule has 1 unspecified atom stereocenters. The number of hydrogen-bond donors (Lipinski definition) is 2. The van der Waals surface area contributed by atoms with Gasteiger partial charge in [0.25, 0.3) is 0 Å². The van der Waals surface area contributed by atoms with E-state index in [4.69, 9.17) is 5.41 Å². The highest BCUT2D eigenvalue weighted by Gasteiger charge is 2.41. The maximum Gasteiger partial charge on any atom is 0.449 e. The fourth-order valence-electron chi connectivity index (χ4n) is 3.30. The van der Waals surface area contributed by atoms with Crippen molar-refractivity contribution in [3.8, 4) is 0 Å². The minimum absolute atomic E-state index is 0.0412. The van der Waals surface area contributed by atoms with Crippen molar-refractivity contribution >= 4 is 11.7 Å². The SMILES string of the molecule is C/C=C/C=C1\CN(C(=O)CC(Cc2cc(F)c(F)cc2F)NC)CCN1C(=N)C(F)(F)F. The molecule has 0 aromatic heterocycles. The van der Waals surface area contributed by atoms with Crippen LogP contribution in [0, 0.1) is 22.9 Å². The minimum atomic E-state index is -4.83. The van der Waals surface area contributed by atoms with Gasteiger partial charge in [0.2, 0.25) is 11.7 Å². The first-order valence-electron chi connectivity index (χ1n) is 9.81. The van der Waals surface area contributed by atoms with Crippen LogP contribution in [0.15, 0.2) is 36.1 Å². The number of halogens is 6. The van der Waals surface area contributed by atoms with E-state index in [-0.39, 0.29) is 43.7 Å². The molecule has 2 rings (SSSR count). The number of carbonyl (C=O) groups is 1. The average molecular weight is 462 g/mol. The Bertz CT molecular complexity index is 912. The minimum Gasteiger partial charge on any atom is -0.335 e. The second kappa shape index (κ2) is 10.7. The van der Waals surface area contributed by atoms with Crippen molar-refractivity contribution in [2.45, 2.75) is 32.0 Å². The Morgan fingerprint density at radius 3 is 2.44 bits per heavy atom. The van der Waals surface area contributed by atoms with Gasteiger partial charge in [-0.05, 0) is 38.1 Å². The van der Waals surface area contributed by atoms with Gasteiger partial charge in [-0.25, -0.2) is 13.2 Å². The third-order valence-electron chi connectivity index (χ3n) is 5.05. The van der Waals surface area contributed by atoms with Crippen molar-refractivity contribution in [2.75, 3.05) is 26.7 Å². The van der Waals surface area contributed by atoms with E-state index in [1.165, 1.54) is 24.1 Å². The van der Waals surface area contributed by atoms with E-state index in [1.54, 1.807) is 13.0 Å². The molecule has 0 saturated carbocycles. The number of likely N-dealkylation sites (N-methyl/N-ethyl adjacent to an activating group) is 1. The number of nitrogens with one attached hydrogen (secondary N) is 2. The molecule has 1 fully saturated rings. The van der Waals surface area contributed by atoms with Crippen molar-refractivity contribution in [3.63, 3.8) is 0 Å². The summed E-state index contributed by atoms with van der Waals surface area (Å²) in [6.07, 6.45) is -0.522. The average Bonchev–Trinajstić information content (AvgIpc) is 2.73. The summed E-state index contributed by atoms with van der Waals surface area (Å²) in [6, 6.07) is 0.557. The Labute approximate surface area is 181 Å². The second-order valence-electron chi connectivity index (χ2n) is 7.25. The monoisotopic (exact) mass is 462 g/mol. The van der Waals surface area contributed by atoms with Gasteiger partial charge >= 0.3 is 6.18 Å². The van der Waals surface area contributed by atoms with Gasteiger partial charge in [0, 0.05) is 37.3 Å². The first-order valence-corrected chi connectivity index (χ1v) is 9.81. The van der Waals surface area contributed by atoms with E-state index in [0.717, 1.165) is 11.0 Å². The molecule has 32 heavy (non-hydrogen) atoms. The van der Waals surface area contributed by atoms with Crippen LogP contribution in [-0.2, 0) is 11.2 Å². The van der Waals surface area contributed by atoms with E-state index >= 15 is 0 Å². The highest BCUT2D eigenvalue weighted by Crippen LogP contribution is 2.25. The lowest BCUT2D eigenvalue weighted by Gasteiger charge is -2.38. The van der Waals surface area contributed by atoms with Crippen LogP contribution in [0.3, 0.4) is 0 Å². The predicted molar refractivity (Wildman–Crippen MR) is 107 cm³/mol. The lowest BCUT2D eigenvalue weighted by atomic mass is 10.0. The fourth-order valence-corrected chi connectivity index (χ4v) is 3.30. The Balaban J connectivity index is 2.12. The van der Waals surface area contributed by atoms with Crippen molar-refractivity contribution in [1.82, 2.24) is 15.1 Å². The number of carbonyl (C=O) groups excluding carboxylic acids is 1. The van der Waals surface area contributed by atoms with Crippen molar-refractivity contribution < 1.29 is 31.1 Å². The fraction of sp³-hybridized carbons (Fsp3) is 0.429. The Morgan fingerprint density at radius 2 is 1.84 bits per heavy atom. The van der Waals surface area contributed by atoms with Gasteiger partial charge < -0.3 is 15.1 Å². The molecular weight excluding hydrogens is 438 g/mol. The number of benzene rings is 1. The number of piperazine rings is 1. The molecule has 5 nitrogen and oxygen atoms in total. The number of allylic oxidation sites excluding steroid dienone is 3. The van der Waals surface area contributed by atoms with E-state index in [2.05, 4.69) is 5.32 Å². The van der Waals surface area contributed by atoms with Crippen LogP contribution in [0.1, 0.15) is 18.9 Å². The van der Waals surface area contributed by atoms with Crippen LogP contribution in [0.25, 0.3) is 0 Å². The summed E-state index contributed by atoms with van der Waals surface area (Å²) in [5, 5.41) is 10.2. The number of hydrogen-bond acceptors (Lipinski definition) is 3. The standard InChI is InChI=1S/C21H24F6N4O/c1-3-4-5-15-12-30(6-7-31(15)20(28)21(25,26)27)19(32)10-14(29-2)8-13-9-17(23)18(24)11-16(13)22/h3-5,9,11,14,28-29H,6-8,10,12H2,1-2H3/b4-3+,15-5+,28-20?. The molecule has 1 aromatic rings. The van der Waals surface area contributed by atoms with Crippen LogP contribution in [-0.4, -0.2) is 60.4 Å². The molecule has 11 heteroatoms. The van der Waals surface area contributed by atoms with Gasteiger partial charge in [-0.2, -0.15) is 13.2 Å². The second-order valence-corrected chi connectivity index (χ2v) is 7.25. The molecule has 0 bridgehead atoms. The van der Waals surface area contributed by atoms with E-state index in [1.807, 2.05) is 0 Å². The van der Waals surface area contributed by atoms with Crippen LogP contribution >= 0.6 is 0 Å². The van der Waals surface area contributed by atoms with E-state index in [9.17, 15) is 31.1 Å². The van der Waals surface area contributed by atoms with E-state index < -0.39 is 41.4 Å². The summed E-state index contributed by atoms with van der Waals surface area (Å²) >= 11 is 0. The summed E-state index contributed by atoms with van der Waals surface area (Å²) in [5.74, 6) is -5.37. The molecule has 1 aliphatic heterocycles. The summed E-state index contributed by atoms with van der Waals surface area (Å²) in [6.45, 7) is 1.28.